The Balaban J connectivity index is 1.67. The summed E-state index contributed by atoms with van der Waals surface area (Å²) in [5, 5.41) is 7.56. The third-order valence-electron chi connectivity index (χ3n) is 2.48. The minimum absolute atomic E-state index is 0.188. The van der Waals surface area contributed by atoms with Crippen molar-refractivity contribution in [3.8, 4) is 0 Å². The van der Waals surface area contributed by atoms with Crippen LogP contribution in [-0.2, 0) is 13.0 Å². The molecule has 17 heavy (non-hydrogen) atoms. The van der Waals surface area contributed by atoms with Crippen molar-refractivity contribution in [3.05, 3.63) is 51.3 Å². The van der Waals surface area contributed by atoms with Gasteiger partial charge in [0.1, 0.15) is 0 Å². The van der Waals surface area contributed by atoms with Crippen LogP contribution in [0.25, 0.3) is 0 Å². The van der Waals surface area contributed by atoms with Gasteiger partial charge in [0, 0.05) is 25.5 Å². The highest BCUT2D eigenvalue weighted by Crippen LogP contribution is 2.05. The summed E-state index contributed by atoms with van der Waals surface area (Å²) in [5.74, 6) is 0. The van der Waals surface area contributed by atoms with Crippen LogP contribution < -0.4 is 11.0 Å². The molecule has 1 N–H and O–H groups in total. The Kier molecular flexibility index (Phi) is 4.46. The summed E-state index contributed by atoms with van der Waals surface area (Å²) in [6.07, 6.45) is 4.31. The van der Waals surface area contributed by atoms with Gasteiger partial charge in [-0.05, 0) is 41.4 Å². The molecule has 0 bridgehead atoms. The van der Waals surface area contributed by atoms with Crippen molar-refractivity contribution in [2.75, 3.05) is 13.1 Å². The molecule has 2 rings (SSSR count). The summed E-state index contributed by atoms with van der Waals surface area (Å²) in [6, 6.07) is 3.91. The smallest absolute Gasteiger partial charge is 0.315 e. The fourth-order valence-electron chi connectivity index (χ4n) is 1.55. The van der Waals surface area contributed by atoms with Gasteiger partial charge >= 0.3 is 5.69 Å². The molecule has 4 nitrogen and oxygen atoms in total. The maximum atomic E-state index is 11.3. The highest BCUT2D eigenvalue weighted by molar-refractivity contribution is 7.07. The highest BCUT2D eigenvalue weighted by Gasteiger charge is 1.95. The number of nitrogens with zero attached hydrogens (tertiary/aromatic N) is 2. The standard InChI is InChI=1S/C12H15N3OS/c16-12-14-4-1-7-15(12)8-6-13-5-2-11-3-9-17-10-11/h1,3-4,7,9-10,13H,2,5-6,8H2. The Bertz CT molecular complexity index is 492. The Labute approximate surface area is 104 Å². The van der Waals surface area contributed by atoms with Gasteiger partial charge in [0.25, 0.3) is 0 Å². The average molecular weight is 249 g/mol. The van der Waals surface area contributed by atoms with Gasteiger partial charge in [-0.1, -0.05) is 0 Å². The van der Waals surface area contributed by atoms with Gasteiger partial charge in [0.15, 0.2) is 0 Å². The van der Waals surface area contributed by atoms with E-state index >= 15 is 0 Å². The van der Waals surface area contributed by atoms with Crippen molar-refractivity contribution in [2.45, 2.75) is 13.0 Å². The minimum atomic E-state index is -0.188. The number of hydrogen-bond acceptors (Lipinski definition) is 4. The van der Waals surface area contributed by atoms with Gasteiger partial charge in [0.2, 0.25) is 0 Å². The molecule has 0 unspecified atom stereocenters. The summed E-state index contributed by atoms with van der Waals surface area (Å²) in [5.41, 5.74) is 1.17. The summed E-state index contributed by atoms with van der Waals surface area (Å²) < 4.78 is 1.61. The molecule has 0 spiro atoms. The number of nitrogens with one attached hydrogen (secondary N) is 1. The van der Waals surface area contributed by atoms with Gasteiger partial charge in [-0.25, -0.2) is 9.78 Å². The van der Waals surface area contributed by atoms with Crippen LogP contribution in [0.3, 0.4) is 0 Å². The van der Waals surface area contributed by atoms with Crippen molar-refractivity contribution < 1.29 is 0 Å². The van der Waals surface area contributed by atoms with Crippen molar-refractivity contribution in [2.24, 2.45) is 0 Å². The van der Waals surface area contributed by atoms with E-state index in [9.17, 15) is 4.79 Å². The van der Waals surface area contributed by atoms with Crippen LogP contribution in [0.1, 0.15) is 5.56 Å². The summed E-state index contributed by atoms with van der Waals surface area (Å²) in [4.78, 5) is 15.0. The fraction of sp³-hybridized carbons (Fsp3) is 0.333. The van der Waals surface area contributed by atoms with E-state index in [1.54, 1.807) is 28.2 Å². The van der Waals surface area contributed by atoms with Gasteiger partial charge < -0.3 is 5.32 Å². The van der Waals surface area contributed by atoms with Gasteiger partial charge in [-0.3, -0.25) is 4.57 Å². The molecule has 0 amide bonds. The van der Waals surface area contributed by atoms with E-state index in [4.69, 9.17) is 0 Å². The molecular weight excluding hydrogens is 234 g/mol. The maximum absolute atomic E-state index is 11.3. The van der Waals surface area contributed by atoms with E-state index < -0.39 is 0 Å². The molecule has 0 fully saturated rings. The first-order valence-corrected chi connectivity index (χ1v) is 6.54. The zero-order valence-electron chi connectivity index (χ0n) is 9.50. The molecule has 0 aliphatic heterocycles. The zero-order chi connectivity index (χ0) is 11.9. The van der Waals surface area contributed by atoms with E-state index in [0.29, 0.717) is 6.54 Å². The topological polar surface area (TPSA) is 46.9 Å². The number of aromatic nitrogens is 2. The van der Waals surface area contributed by atoms with E-state index in [1.165, 1.54) is 11.8 Å². The SMILES string of the molecule is O=c1ncccn1CCNCCc1ccsc1. The molecular formula is C12H15N3OS. The molecule has 2 aromatic heterocycles. The van der Waals surface area contributed by atoms with Gasteiger partial charge in [0.05, 0.1) is 0 Å². The quantitative estimate of drug-likeness (QED) is 0.781. The summed E-state index contributed by atoms with van der Waals surface area (Å²) in [6.45, 7) is 2.39. The largest absolute Gasteiger partial charge is 0.347 e. The monoisotopic (exact) mass is 249 g/mol. The number of thiophene rings is 1. The molecule has 0 atom stereocenters. The molecule has 0 saturated carbocycles. The molecule has 2 aromatic rings. The third-order valence-corrected chi connectivity index (χ3v) is 3.21. The van der Waals surface area contributed by atoms with Gasteiger partial charge in [-0.2, -0.15) is 11.3 Å². The Morgan fingerprint density at radius 1 is 1.41 bits per heavy atom. The average Bonchev–Trinajstić information content (AvgIpc) is 2.84. The molecule has 5 heteroatoms. The van der Waals surface area contributed by atoms with Gasteiger partial charge in [-0.15, -0.1) is 0 Å². The first kappa shape index (κ1) is 12.0. The van der Waals surface area contributed by atoms with Crippen LogP contribution in [0.15, 0.2) is 40.1 Å². The predicted octanol–water partition coefficient (Wildman–Crippen LogP) is 1.14. The van der Waals surface area contributed by atoms with Crippen LogP contribution in [0.5, 0.6) is 0 Å². The maximum Gasteiger partial charge on any atom is 0.347 e. The Hall–Kier alpha value is -1.46. The lowest BCUT2D eigenvalue weighted by Crippen LogP contribution is -2.28. The lowest BCUT2D eigenvalue weighted by atomic mass is 10.2. The molecule has 2 heterocycles. The summed E-state index contributed by atoms with van der Waals surface area (Å²) in [7, 11) is 0. The second-order valence-corrected chi connectivity index (χ2v) is 4.51. The third kappa shape index (κ3) is 3.80. The molecule has 0 aromatic carbocycles. The van der Waals surface area contributed by atoms with E-state index in [2.05, 4.69) is 27.1 Å². The molecule has 0 radical (unpaired) electrons. The normalized spacial score (nSPS) is 10.6. The lowest BCUT2D eigenvalue weighted by molar-refractivity contribution is 0.577. The van der Waals surface area contributed by atoms with Crippen molar-refractivity contribution in [1.29, 1.82) is 0 Å². The Morgan fingerprint density at radius 2 is 2.35 bits per heavy atom. The molecule has 0 aliphatic carbocycles. The summed E-state index contributed by atoms with van der Waals surface area (Å²) >= 11 is 1.72. The zero-order valence-corrected chi connectivity index (χ0v) is 10.3. The lowest BCUT2D eigenvalue weighted by Gasteiger charge is -2.05. The first-order valence-electron chi connectivity index (χ1n) is 5.59. The first-order chi connectivity index (χ1) is 8.36. The number of hydrogen-bond donors (Lipinski definition) is 1. The van der Waals surface area contributed by atoms with Crippen molar-refractivity contribution >= 4 is 11.3 Å². The van der Waals surface area contributed by atoms with E-state index in [-0.39, 0.29) is 5.69 Å². The predicted molar refractivity (Wildman–Crippen MR) is 69.4 cm³/mol. The Morgan fingerprint density at radius 3 is 3.12 bits per heavy atom. The fourth-order valence-corrected chi connectivity index (χ4v) is 2.25. The molecule has 0 aliphatic rings. The van der Waals surface area contributed by atoms with Crippen LogP contribution in [-0.4, -0.2) is 22.6 Å². The van der Waals surface area contributed by atoms with Crippen LogP contribution >= 0.6 is 11.3 Å². The van der Waals surface area contributed by atoms with Crippen molar-refractivity contribution in [1.82, 2.24) is 14.9 Å². The van der Waals surface area contributed by atoms with Crippen molar-refractivity contribution in [3.63, 3.8) is 0 Å². The van der Waals surface area contributed by atoms with Crippen LogP contribution in [0, 0.1) is 0 Å². The van der Waals surface area contributed by atoms with E-state index in [0.717, 1.165) is 19.5 Å². The minimum Gasteiger partial charge on any atom is -0.315 e. The van der Waals surface area contributed by atoms with E-state index in [1.807, 2.05) is 0 Å². The molecule has 0 saturated heterocycles. The number of rotatable bonds is 6. The highest BCUT2D eigenvalue weighted by atomic mass is 32.1. The second-order valence-electron chi connectivity index (χ2n) is 3.73. The second kappa shape index (κ2) is 6.32. The van der Waals surface area contributed by atoms with Crippen LogP contribution in [0.2, 0.25) is 0 Å². The van der Waals surface area contributed by atoms with Crippen LogP contribution in [0.4, 0.5) is 0 Å². The molecule has 90 valence electrons.